The average Bonchev–Trinajstić information content (AvgIpc) is 2.88. The SMILES string of the molecule is N#Cc1ccc(C(Oc2cc3c(cc2-c2ccccc2)C(=O)CCO3)c2ccncc2)cc1. The van der Waals surface area contributed by atoms with E-state index in [1.54, 1.807) is 24.5 Å². The summed E-state index contributed by atoms with van der Waals surface area (Å²) >= 11 is 0. The molecular weight excluding hydrogens is 412 g/mol. The maximum atomic E-state index is 12.6. The number of fused-ring (bicyclic) bond motifs is 1. The van der Waals surface area contributed by atoms with Crippen LogP contribution in [-0.2, 0) is 0 Å². The number of carbonyl (C=O) groups excluding carboxylic acids is 1. The van der Waals surface area contributed by atoms with Crippen LogP contribution in [0.2, 0.25) is 0 Å². The molecule has 0 bridgehead atoms. The molecule has 0 radical (unpaired) electrons. The Labute approximate surface area is 191 Å². The van der Waals surface area contributed by atoms with Crippen molar-refractivity contribution in [2.45, 2.75) is 12.5 Å². The number of nitrogens with zero attached hydrogens (tertiary/aromatic N) is 2. The molecule has 3 aromatic carbocycles. The van der Waals surface area contributed by atoms with Gasteiger partial charge >= 0.3 is 0 Å². The summed E-state index contributed by atoms with van der Waals surface area (Å²) in [6, 6.07) is 26.8. The van der Waals surface area contributed by atoms with Gasteiger partial charge in [-0.2, -0.15) is 5.26 Å². The third kappa shape index (κ3) is 4.19. The summed E-state index contributed by atoms with van der Waals surface area (Å²) in [6.45, 7) is 0.360. The highest BCUT2D eigenvalue weighted by Gasteiger charge is 2.25. The van der Waals surface area contributed by atoms with E-state index in [0.29, 0.717) is 35.7 Å². The summed E-state index contributed by atoms with van der Waals surface area (Å²) in [5.41, 5.74) is 4.74. The van der Waals surface area contributed by atoms with Crippen molar-refractivity contribution >= 4 is 5.78 Å². The van der Waals surface area contributed by atoms with Crippen LogP contribution in [0.15, 0.2) is 91.3 Å². The Morgan fingerprint density at radius 3 is 2.36 bits per heavy atom. The number of ether oxygens (including phenoxy) is 2. The van der Waals surface area contributed by atoms with Gasteiger partial charge in [0.05, 0.1) is 23.8 Å². The molecule has 0 saturated heterocycles. The average molecular weight is 432 g/mol. The fourth-order valence-corrected chi connectivity index (χ4v) is 3.95. The number of pyridine rings is 1. The number of hydrogen-bond donors (Lipinski definition) is 0. The first-order valence-electron chi connectivity index (χ1n) is 10.7. The summed E-state index contributed by atoms with van der Waals surface area (Å²) in [6.07, 6.45) is 3.37. The first-order chi connectivity index (χ1) is 16.2. The largest absolute Gasteiger partial charge is 0.492 e. The Balaban J connectivity index is 1.64. The van der Waals surface area contributed by atoms with E-state index in [9.17, 15) is 10.1 Å². The first kappa shape index (κ1) is 20.5. The quantitative estimate of drug-likeness (QED) is 0.401. The topological polar surface area (TPSA) is 72.2 Å². The van der Waals surface area contributed by atoms with Crippen molar-refractivity contribution in [3.63, 3.8) is 0 Å². The van der Waals surface area contributed by atoms with Gasteiger partial charge in [-0.05, 0) is 47.0 Å². The number of nitriles is 1. The molecule has 1 aliphatic rings. The van der Waals surface area contributed by atoms with Gasteiger partial charge in [-0.15, -0.1) is 0 Å². The van der Waals surface area contributed by atoms with Gasteiger partial charge in [0.2, 0.25) is 0 Å². The van der Waals surface area contributed by atoms with Crippen LogP contribution in [0.5, 0.6) is 11.5 Å². The van der Waals surface area contributed by atoms with Crippen molar-refractivity contribution in [3.05, 3.63) is 114 Å². The van der Waals surface area contributed by atoms with Crippen LogP contribution < -0.4 is 9.47 Å². The minimum atomic E-state index is -0.444. The highest BCUT2D eigenvalue weighted by atomic mass is 16.5. The number of benzene rings is 3. The number of Topliss-reactive ketones (excluding diaryl/α,β-unsaturated/α-hetero) is 1. The standard InChI is InChI=1S/C28H20N2O3/c29-18-19-6-8-21(9-7-19)28(22-10-13-30-14-11-22)33-27-17-26-24(25(31)12-15-32-26)16-23(27)20-4-2-1-3-5-20/h1-11,13-14,16-17,28H,12,15H2. The Hall–Kier alpha value is -4.43. The molecule has 0 amide bonds. The molecule has 2 heterocycles. The van der Waals surface area contributed by atoms with Crippen LogP contribution in [0.3, 0.4) is 0 Å². The molecule has 0 N–H and O–H groups in total. The summed E-state index contributed by atoms with van der Waals surface area (Å²) in [7, 11) is 0. The van der Waals surface area contributed by atoms with Gasteiger partial charge in [-0.3, -0.25) is 9.78 Å². The molecule has 0 fully saturated rings. The molecule has 0 saturated carbocycles. The molecule has 160 valence electrons. The predicted octanol–water partition coefficient (Wildman–Crippen LogP) is 5.75. The van der Waals surface area contributed by atoms with E-state index in [-0.39, 0.29) is 5.78 Å². The highest BCUT2D eigenvalue weighted by Crippen LogP contribution is 2.41. The smallest absolute Gasteiger partial charge is 0.170 e. The summed E-state index contributed by atoms with van der Waals surface area (Å²) in [5, 5.41) is 9.18. The molecule has 33 heavy (non-hydrogen) atoms. The van der Waals surface area contributed by atoms with Crippen molar-refractivity contribution in [1.82, 2.24) is 4.98 Å². The van der Waals surface area contributed by atoms with E-state index in [0.717, 1.165) is 22.3 Å². The normalized spacial score (nSPS) is 13.4. The molecule has 1 atom stereocenters. The number of rotatable bonds is 5. The number of hydrogen-bond acceptors (Lipinski definition) is 5. The fraction of sp³-hybridized carbons (Fsp3) is 0.107. The van der Waals surface area contributed by atoms with Crippen molar-refractivity contribution in [2.24, 2.45) is 0 Å². The molecule has 1 aromatic heterocycles. The molecule has 1 unspecified atom stereocenters. The molecule has 4 aromatic rings. The second-order valence-electron chi connectivity index (χ2n) is 7.74. The lowest BCUT2D eigenvalue weighted by molar-refractivity contribution is 0.0933. The molecule has 5 nitrogen and oxygen atoms in total. The number of carbonyl (C=O) groups is 1. The van der Waals surface area contributed by atoms with Gasteiger partial charge < -0.3 is 9.47 Å². The molecule has 1 aliphatic heterocycles. The van der Waals surface area contributed by atoms with Crippen molar-refractivity contribution in [2.75, 3.05) is 6.61 Å². The van der Waals surface area contributed by atoms with E-state index in [1.165, 1.54) is 0 Å². The number of ketones is 1. The maximum Gasteiger partial charge on any atom is 0.170 e. The number of aromatic nitrogens is 1. The van der Waals surface area contributed by atoms with Crippen LogP contribution in [0, 0.1) is 11.3 Å². The van der Waals surface area contributed by atoms with Gasteiger partial charge in [0.25, 0.3) is 0 Å². The zero-order valence-electron chi connectivity index (χ0n) is 17.8. The van der Waals surface area contributed by atoms with Gasteiger partial charge in [0.1, 0.15) is 17.6 Å². The first-order valence-corrected chi connectivity index (χ1v) is 10.7. The maximum absolute atomic E-state index is 12.6. The minimum absolute atomic E-state index is 0.0674. The van der Waals surface area contributed by atoms with E-state index in [2.05, 4.69) is 11.1 Å². The zero-order valence-corrected chi connectivity index (χ0v) is 17.8. The fourth-order valence-electron chi connectivity index (χ4n) is 3.95. The molecule has 5 rings (SSSR count). The Morgan fingerprint density at radius 2 is 1.64 bits per heavy atom. The third-order valence-electron chi connectivity index (χ3n) is 5.65. The van der Waals surface area contributed by atoms with Gasteiger partial charge in [-0.25, -0.2) is 0 Å². The van der Waals surface area contributed by atoms with E-state index >= 15 is 0 Å². The Bertz CT molecular complexity index is 1330. The molecule has 5 heteroatoms. The van der Waals surface area contributed by atoms with E-state index in [1.807, 2.05) is 66.7 Å². The second kappa shape index (κ2) is 8.97. The van der Waals surface area contributed by atoms with Crippen molar-refractivity contribution < 1.29 is 14.3 Å². The van der Waals surface area contributed by atoms with Crippen molar-refractivity contribution in [3.8, 4) is 28.7 Å². The molecular formula is C28H20N2O3. The monoisotopic (exact) mass is 432 g/mol. The van der Waals surface area contributed by atoms with Crippen LogP contribution in [0.25, 0.3) is 11.1 Å². The van der Waals surface area contributed by atoms with Gasteiger partial charge in [0, 0.05) is 30.4 Å². The minimum Gasteiger partial charge on any atom is -0.492 e. The summed E-state index contributed by atoms with van der Waals surface area (Å²) < 4.78 is 12.4. The van der Waals surface area contributed by atoms with Crippen LogP contribution in [-0.4, -0.2) is 17.4 Å². The van der Waals surface area contributed by atoms with Crippen LogP contribution in [0.1, 0.15) is 39.6 Å². The van der Waals surface area contributed by atoms with Crippen LogP contribution >= 0.6 is 0 Å². The molecule has 0 spiro atoms. The lowest BCUT2D eigenvalue weighted by Gasteiger charge is -2.25. The van der Waals surface area contributed by atoms with Gasteiger partial charge in [0.15, 0.2) is 5.78 Å². The summed E-state index contributed by atoms with van der Waals surface area (Å²) in [4.78, 5) is 16.7. The Kier molecular flexibility index (Phi) is 5.57. The lowest BCUT2D eigenvalue weighted by Crippen LogP contribution is -2.16. The highest BCUT2D eigenvalue weighted by molar-refractivity contribution is 6.01. The zero-order chi connectivity index (χ0) is 22.6. The lowest BCUT2D eigenvalue weighted by atomic mass is 9.96. The second-order valence-corrected chi connectivity index (χ2v) is 7.74. The Morgan fingerprint density at radius 1 is 0.909 bits per heavy atom. The van der Waals surface area contributed by atoms with Gasteiger partial charge in [-0.1, -0.05) is 42.5 Å². The predicted molar refractivity (Wildman–Crippen MR) is 124 cm³/mol. The van der Waals surface area contributed by atoms with E-state index in [4.69, 9.17) is 9.47 Å². The van der Waals surface area contributed by atoms with Crippen LogP contribution in [0.4, 0.5) is 0 Å². The van der Waals surface area contributed by atoms with E-state index < -0.39 is 6.10 Å². The molecule has 0 aliphatic carbocycles. The van der Waals surface area contributed by atoms with Crippen molar-refractivity contribution in [1.29, 1.82) is 5.26 Å². The third-order valence-corrected chi connectivity index (χ3v) is 5.65. The summed E-state index contributed by atoms with van der Waals surface area (Å²) in [5.74, 6) is 1.22.